The predicted molar refractivity (Wildman–Crippen MR) is 70.2 cm³/mol. The third-order valence-corrected chi connectivity index (χ3v) is 2.63. The summed E-state index contributed by atoms with van der Waals surface area (Å²) in [4.78, 5) is 0. The van der Waals surface area contributed by atoms with E-state index in [1.807, 2.05) is 0 Å². The summed E-state index contributed by atoms with van der Waals surface area (Å²) in [6.45, 7) is 1.65. The molecule has 0 atom stereocenters. The first-order valence-electron chi connectivity index (χ1n) is 5.62. The van der Waals surface area contributed by atoms with E-state index in [0.29, 0.717) is 22.6 Å². The van der Waals surface area contributed by atoms with Gasteiger partial charge in [0, 0.05) is 0 Å². The second-order valence-electron chi connectivity index (χ2n) is 3.99. The Kier molecular flexibility index (Phi) is 3.66. The van der Waals surface area contributed by atoms with Crippen molar-refractivity contribution in [3.63, 3.8) is 0 Å². The Balaban J connectivity index is 2.35. The van der Waals surface area contributed by atoms with Crippen molar-refractivity contribution in [2.45, 2.75) is 6.92 Å². The third kappa shape index (κ3) is 2.82. The zero-order valence-corrected chi connectivity index (χ0v) is 10.3. The number of oxime groups is 1. The molecule has 0 aromatic heterocycles. The highest BCUT2D eigenvalue weighted by atomic mass is 19.1. The van der Waals surface area contributed by atoms with Gasteiger partial charge in [0.2, 0.25) is 0 Å². The van der Waals surface area contributed by atoms with E-state index in [4.69, 9.17) is 15.7 Å². The zero-order valence-electron chi connectivity index (χ0n) is 10.3. The van der Waals surface area contributed by atoms with Crippen molar-refractivity contribution in [1.29, 1.82) is 0 Å². The number of para-hydroxylation sites is 1. The van der Waals surface area contributed by atoms with Gasteiger partial charge in [-0.2, -0.15) is 0 Å². The summed E-state index contributed by atoms with van der Waals surface area (Å²) < 4.78 is 18.8. The second-order valence-corrected chi connectivity index (χ2v) is 3.99. The molecule has 0 aliphatic heterocycles. The largest absolute Gasteiger partial charge is 0.457 e. The minimum atomic E-state index is -0.294. The number of amidine groups is 1. The minimum Gasteiger partial charge on any atom is -0.457 e. The predicted octanol–water partition coefficient (Wildman–Crippen LogP) is 3.02. The van der Waals surface area contributed by atoms with Crippen molar-refractivity contribution in [2.75, 3.05) is 0 Å². The fourth-order valence-corrected chi connectivity index (χ4v) is 1.63. The monoisotopic (exact) mass is 260 g/mol. The lowest BCUT2D eigenvalue weighted by molar-refractivity contribution is 0.318. The van der Waals surface area contributed by atoms with Crippen LogP contribution in [0.15, 0.2) is 47.6 Å². The van der Waals surface area contributed by atoms with Crippen LogP contribution in [0.4, 0.5) is 4.39 Å². The molecule has 2 aromatic carbocycles. The maximum Gasteiger partial charge on any atom is 0.173 e. The number of halogens is 1. The Morgan fingerprint density at radius 1 is 1.26 bits per heavy atom. The summed E-state index contributed by atoms with van der Waals surface area (Å²) in [6, 6.07) is 11.3. The number of hydrogen-bond donors (Lipinski definition) is 2. The van der Waals surface area contributed by atoms with E-state index in [-0.39, 0.29) is 11.7 Å². The lowest BCUT2D eigenvalue weighted by Gasteiger charge is -2.10. The molecule has 2 aromatic rings. The molecule has 0 saturated carbocycles. The van der Waals surface area contributed by atoms with Gasteiger partial charge in [-0.05, 0) is 42.8 Å². The van der Waals surface area contributed by atoms with Crippen molar-refractivity contribution in [3.8, 4) is 11.5 Å². The molecule has 98 valence electrons. The molecule has 5 heteroatoms. The zero-order chi connectivity index (χ0) is 13.8. The Morgan fingerprint density at radius 2 is 2.00 bits per heavy atom. The highest BCUT2D eigenvalue weighted by Gasteiger charge is 2.09. The van der Waals surface area contributed by atoms with Crippen LogP contribution >= 0.6 is 0 Å². The average molecular weight is 260 g/mol. The topological polar surface area (TPSA) is 67.8 Å². The minimum absolute atomic E-state index is 0.0468. The fourth-order valence-electron chi connectivity index (χ4n) is 1.63. The summed E-state index contributed by atoms with van der Waals surface area (Å²) >= 11 is 0. The summed E-state index contributed by atoms with van der Waals surface area (Å²) in [5, 5.41) is 11.7. The van der Waals surface area contributed by atoms with Crippen LogP contribution < -0.4 is 10.5 Å². The molecule has 2 rings (SSSR count). The van der Waals surface area contributed by atoms with Crippen LogP contribution in [0.1, 0.15) is 11.1 Å². The highest BCUT2D eigenvalue weighted by molar-refractivity contribution is 5.99. The van der Waals surface area contributed by atoms with Crippen LogP contribution in [0, 0.1) is 12.7 Å². The third-order valence-electron chi connectivity index (χ3n) is 2.63. The molecule has 0 heterocycles. The van der Waals surface area contributed by atoms with Gasteiger partial charge in [-0.15, -0.1) is 0 Å². The van der Waals surface area contributed by atoms with E-state index >= 15 is 0 Å². The van der Waals surface area contributed by atoms with Crippen LogP contribution in [0.25, 0.3) is 0 Å². The van der Waals surface area contributed by atoms with E-state index < -0.39 is 0 Å². The number of aryl methyl sites for hydroxylation is 1. The van der Waals surface area contributed by atoms with Gasteiger partial charge in [-0.1, -0.05) is 17.3 Å². The van der Waals surface area contributed by atoms with Gasteiger partial charge in [0.25, 0.3) is 0 Å². The molecule has 0 aliphatic rings. The fraction of sp³-hybridized carbons (Fsp3) is 0.0714. The first-order chi connectivity index (χ1) is 9.11. The van der Waals surface area contributed by atoms with Gasteiger partial charge >= 0.3 is 0 Å². The van der Waals surface area contributed by atoms with Gasteiger partial charge in [-0.3, -0.25) is 0 Å². The molecule has 0 radical (unpaired) electrons. The lowest BCUT2D eigenvalue weighted by atomic mass is 10.2. The van der Waals surface area contributed by atoms with E-state index in [2.05, 4.69) is 5.16 Å². The van der Waals surface area contributed by atoms with Gasteiger partial charge in [-0.25, -0.2) is 4.39 Å². The molecular formula is C14H13FN2O2. The van der Waals surface area contributed by atoms with E-state index in [9.17, 15) is 4.39 Å². The van der Waals surface area contributed by atoms with Crippen molar-refractivity contribution in [2.24, 2.45) is 10.9 Å². The van der Waals surface area contributed by atoms with Crippen LogP contribution in [0.5, 0.6) is 11.5 Å². The highest BCUT2D eigenvalue weighted by Crippen LogP contribution is 2.26. The Labute approximate surface area is 109 Å². The molecule has 0 unspecified atom stereocenters. The molecule has 0 saturated heterocycles. The standard InChI is InChI=1S/C14H13FN2O2/c1-9-8-10(6-7-12(9)15)19-13-5-3-2-4-11(13)14(16)17-18/h2-8,18H,1H3,(H2,16,17). The Bertz CT molecular complexity index is 627. The molecular weight excluding hydrogens is 247 g/mol. The van der Waals surface area contributed by atoms with Crippen molar-refractivity contribution < 1.29 is 14.3 Å². The summed E-state index contributed by atoms with van der Waals surface area (Å²) in [7, 11) is 0. The number of nitrogens with zero attached hydrogens (tertiary/aromatic N) is 1. The second kappa shape index (κ2) is 5.39. The molecule has 0 fully saturated rings. The number of nitrogens with two attached hydrogens (primary N) is 1. The quantitative estimate of drug-likeness (QED) is 0.386. The average Bonchev–Trinajstić information content (AvgIpc) is 2.43. The molecule has 19 heavy (non-hydrogen) atoms. The van der Waals surface area contributed by atoms with Gasteiger partial charge in [0.15, 0.2) is 5.84 Å². The van der Waals surface area contributed by atoms with Crippen LogP contribution in [-0.2, 0) is 0 Å². The maximum atomic E-state index is 13.2. The smallest absolute Gasteiger partial charge is 0.173 e. The Hall–Kier alpha value is -2.56. The van der Waals surface area contributed by atoms with E-state index in [0.717, 1.165) is 0 Å². The molecule has 0 aliphatic carbocycles. The molecule has 0 bridgehead atoms. The number of hydrogen-bond acceptors (Lipinski definition) is 3. The van der Waals surface area contributed by atoms with Crippen molar-refractivity contribution >= 4 is 5.84 Å². The molecule has 3 N–H and O–H groups in total. The lowest BCUT2D eigenvalue weighted by Crippen LogP contribution is -2.14. The van der Waals surface area contributed by atoms with Crippen LogP contribution in [0.3, 0.4) is 0 Å². The first kappa shape index (κ1) is 12.9. The van der Waals surface area contributed by atoms with Crippen LogP contribution in [0.2, 0.25) is 0 Å². The maximum absolute atomic E-state index is 13.2. The van der Waals surface area contributed by atoms with Gasteiger partial charge < -0.3 is 15.7 Å². The van der Waals surface area contributed by atoms with Crippen molar-refractivity contribution in [1.82, 2.24) is 0 Å². The van der Waals surface area contributed by atoms with Crippen molar-refractivity contribution in [3.05, 3.63) is 59.4 Å². The normalized spacial score (nSPS) is 11.4. The first-order valence-corrected chi connectivity index (χ1v) is 5.62. The van der Waals surface area contributed by atoms with Gasteiger partial charge in [0.1, 0.15) is 17.3 Å². The summed E-state index contributed by atoms with van der Waals surface area (Å²) in [6.07, 6.45) is 0. The Morgan fingerprint density at radius 3 is 2.68 bits per heavy atom. The molecule has 4 nitrogen and oxygen atoms in total. The SMILES string of the molecule is Cc1cc(Oc2ccccc2/C(N)=N/O)ccc1F. The molecule has 0 amide bonds. The number of benzene rings is 2. The van der Waals surface area contributed by atoms with Gasteiger partial charge in [0.05, 0.1) is 5.56 Å². The number of ether oxygens (including phenoxy) is 1. The molecule has 0 spiro atoms. The van der Waals surface area contributed by atoms with E-state index in [1.165, 1.54) is 12.1 Å². The van der Waals surface area contributed by atoms with Crippen LogP contribution in [-0.4, -0.2) is 11.0 Å². The summed E-state index contributed by atoms with van der Waals surface area (Å²) in [5.74, 6) is 0.576. The number of rotatable bonds is 3. The van der Waals surface area contributed by atoms with E-state index in [1.54, 1.807) is 37.3 Å². The summed E-state index contributed by atoms with van der Waals surface area (Å²) in [5.41, 5.74) is 6.51.